The van der Waals surface area contributed by atoms with E-state index >= 15 is 0 Å². The monoisotopic (exact) mass is 482 g/mol. The number of hydrogen-bond donors (Lipinski definition) is 2. The van der Waals surface area contributed by atoms with E-state index in [1.54, 1.807) is 0 Å². The van der Waals surface area contributed by atoms with Gasteiger partial charge in [0.25, 0.3) is 0 Å². The van der Waals surface area contributed by atoms with Crippen molar-refractivity contribution in [2.45, 2.75) is 52.6 Å². The minimum absolute atomic E-state index is 0.0811. The SMILES string of the molecule is CC(C)(C)NC(=O)CI.CC(C)(C)NC(=O)CI. The maximum absolute atomic E-state index is 10.7. The number of carbonyl (C=O) groups excluding carboxylic acids is 2. The molecule has 0 saturated heterocycles. The minimum atomic E-state index is -0.0811. The van der Waals surface area contributed by atoms with Crippen LogP contribution in [0.1, 0.15) is 41.5 Å². The van der Waals surface area contributed by atoms with Gasteiger partial charge in [0.05, 0.1) is 8.86 Å². The fourth-order valence-electron chi connectivity index (χ4n) is 0.903. The van der Waals surface area contributed by atoms with Crippen LogP contribution in [0.2, 0.25) is 0 Å². The Morgan fingerprint density at radius 2 is 1.00 bits per heavy atom. The van der Waals surface area contributed by atoms with Gasteiger partial charge >= 0.3 is 0 Å². The Bertz CT molecular complexity index is 240. The first kappa shape index (κ1) is 20.7. The molecule has 0 unspecified atom stereocenters. The van der Waals surface area contributed by atoms with E-state index in [4.69, 9.17) is 0 Å². The molecule has 0 bridgehead atoms. The van der Waals surface area contributed by atoms with Crippen molar-refractivity contribution >= 4 is 57.0 Å². The van der Waals surface area contributed by atoms with Gasteiger partial charge in [0, 0.05) is 11.1 Å². The van der Waals surface area contributed by atoms with Crippen LogP contribution >= 0.6 is 45.2 Å². The van der Waals surface area contributed by atoms with E-state index in [1.807, 2.05) is 86.7 Å². The highest BCUT2D eigenvalue weighted by Crippen LogP contribution is 1.98. The summed E-state index contributed by atoms with van der Waals surface area (Å²) in [5, 5.41) is 5.64. The molecule has 0 heterocycles. The molecule has 0 radical (unpaired) electrons. The van der Waals surface area contributed by atoms with Crippen LogP contribution in [0.3, 0.4) is 0 Å². The van der Waals surface area contributed by atoms with Gasteiger partial charge in [-0.25, -0.2) is 0 Å². The largest absolute Gasteiger partial charge is 0.351 e. The highest BCUT2D eigenvalue weighted by atomic mass is 127. The average molecular weight is 482 g/mol. The molecule has 0 aromatic heterocycles. The quantitative estimate of drug-likeness (QED) is 0.470. The molecule has 0 atom stereocenters. The highest BCUT2D eigenvalue weighted by Gasteiger charge is 2.12. The van der Waals surface area contributed by atoms with Crippen molar-refractivity contribution in [1.82, 2.24) is 10.6 Å². The van der Waals surface area contributed by atoms with Crippen molar-refractivity contribution in [2.24, 2.45) is 0 Å². The molecule has 0 fully saturated rings. The predicted molar refractivity (Wildman–Crippen MR) is 93.6 cm³/mol. The van der Waals surface area contributed by atoms with Gasteiger partial charge in [-0.1, -0.05) is 45.2 Å². The average Bonchev–Trinajstić information content (AvgIpc) is 2.13. The fourth-order valence-corrected chi connectivity index (χ4v) is 1.28. The third kappa shape index (κ3) is 18.8. The second kappa shape index (κ2) is 9.33. The zero-order chi connectivity index (χ0) is 15.0. The summed E-state index contributed by atoms with van der Waals surface area (Å²) in [6.45, 7) is 11.8. The summed E-state index contributed by atoms with van der Waals surface area (Å²) in [6.07, 6.45) is 0. The normalized spacial score (nSPS) is 11.1. The molecule has 18 heavy (non-hydrogen) atoms. The van der Waals surface area contributed by atoms with E-state index in [0.29, 0.717) is 8.86 Å². The summed E-state index contributed by atoms with van der Waals surface area (Å²) >= 11 is 4.08. The van der Waals surface area contributed by atoms with Crippen LogP contribution in [0.5, 0.6) is 0 Å². The number of nitrogens with one attached hydrogen (secondary N) is 2. The first-order chi connectivity index (χ1) is 7.91. The lowest BCUT2D eigenvalue weighted by molar-refractivity contribution is -0.120. The molecule has 2 amide bonds. The molecule has 0 aromatic carbocycles. The van der Waals surface area contributed by atoms with Crippen LogP contribution in [-0.2, 0) is 9.59 Å². The van der Waals surface area contributed by atoms with Crippen molar-refractivity contribution in [3.05, 3.63) is 0 Å². The molecule has 0 aliphatic heterocycles. The molecule has 0 aliphatic rings. The molecule has 0 spiro atoms. The third-order valence-electron chi connectivity index (χ3n) is 1.27. The zero-order valence-electron chi connectivity index (χ0n) is 12.0. The van der Waals surface area contributed by atoms with Gasteiger partial charge < -0.3 is 10.6 Å². The van der Waals surface area contributed by atoms with Crippen molar-refractivity contribution < 1.29 is 9.59 Å². The van der Waals surface area contributed by atoms with E-state index in [1.165, 1.54) is 0 Å². The Labute approximate surface area is 138 Å². The standard InChI is InChI=1S/2C6H12INO/c2*1-6(2,3)8-5(9)4-7/h2*4H2,1-3H3,(H,8,9). The third-order valence-corrected chi connectivity index (χ3v) is 2.66. The number of halogens is 2. The van der Waals surface area contributed by atoms with Gasteiger partial charge in [-0.2, -0.15) is 0 Å². The molecule has 2 N–H and O–H groups in total. The van der Waals surface area contributed by atoms with Crippen molar-refractivity contribution in [3.63, 3.8) is 0 Å². The molecule has 108 valence electrons. The lowest BCUT2D eigenvalue weighted by Gasteiger charge is -2.19. The van der Waals surface area contributed by atoms with Crippen molar-refractivity contribution in [3.8, 4) is 0 Å². The molecule has 0 rings (SSSR count). The molecule has 6 heteroatoms. The molecular weight excluding hydrogens is 458 g/mol. The van der Waals surface area contributed by atoms with E-state index in [9.17, 15) is 9.59 Å². The van der Waals surface area contributed by atoms with Crippen LogP contribution < -0.4 is 10.6 Å². The summed E-state index contributed by atoms with van der Waals surface area (Å²) in [5.41, 5.74) is -0.162. The van der Waals surface area contributed by atoms with Gasteiger partial charge in [0.2, 0.25) is 11.8 Å². The van der Waals surface area contributed by atoms with E-state index in [2.05, 4.69) is 10.6 Å². The summed E-state index contributed by atoms with van der Waals surface area (Å²) in [5.74, 6) is 0.200. The molecule has 0 aliphatic carbocycles. The molecular formula is C12H24I2N2O2. The smallest absolute Gasteiger partial charge is 0.230 e. The molecule has 0 saturated carbocycles. The number of alkyl halides is 2. The molecule has 0 aromatic rings. The number of amides is 2. The van der Waals surface area contributed by atoms with Gasteiger partial charge in [0.1, 0.15) is 0 Å². The van der Waals surface area contributed by atoms with Crippen molar-refractivity contribution in [2.75, 3.05) is 8.86 Å². The van der Waals surface area contributed by atoms with Crippen LogP contribution in [0.4, 0.5) is 0 Å². The Morgan fingerprint density at radius 1 is 0.778 bits per heavy atom. The summed E-state index contributed by atoms with van der Waals surface area (Å²) in [6, 6.07) is 0. The number of carbonyl (C=O) groups is 2. The first-order valence-electron chi connectivity index (χ1n) is 5.65. The second-order valence-electron chi connectivity index (χ2n) is 5.86. The number of hydrogen-bond acceptors (Lipinski definition) is 2. The highest BCUT2D eigenvalue weighted by molar-refractivity contribution is 14.1. The summed E-state index contributed by atoms with van der Waals surface area (Å²) < 4.78 is 1.07. The maximum Gasteiger partial charge on any atom is 0.230 e. The first-order valence-corrected chi connectivity index (χ1v) is 8.70. The van der Waals surface area contributed by atoms with Crippen LogP contribution in [-0.4, -0.2) is 31.7 Å². The lowest BCUT2D eigenvalue weighted by Crippen LogP contribution is -2.41. The Balaban J connectivity index is 0. The maximum atomic E-state index is 10.7. The topological polar surface area (TPSA) is 58.2 Å². The summed E-state index contributed by atoms with van der Waals surface area (Å²) in [4.78, 5) is 21.4. The Hall–Kier alpha value is 0.400. The van der Waals surface area contributed by atoms with Crippen LogP contribution in [0, 0.1) is 0 Å². The van der Waals surface area contributed by atoms with Crippen molar-refractivity contribution in [1.29, 1.82) is 0 Å². The second-order valence-corrected chi connectivity index (χ2v) is 7.39. The predicted octanol–water partition coefficient (Wildman–Crippen LogP) is 2.67. The summed E-state index contributed by atoms with van der Waals surface area (Å²) in [7, 11) is 0. The minimum Gasteiger partial charge on any atom is -0.351 e. The number of rotatable bonds is 2. The Kier molecular flexibility index (Phi) is 10.7. The van der Waals surface area contributed by atoms with Gasteiger partial charge in [-0.05, 0) is 41.5 Å². The van der Waals surface area contributed by atoms with Gasteiger partial charge in [-0.15, -0.1) is 0 Å². The molecule has 4 nitrogen and oxygen atoms in total. The van der Waals surface area contributed by atoms with Crippen LogP contribution in [0.25, 0.3) is 0 Å². The van der Waals surface area contributed by atoms with Crippen LogP contribution in [0.15, 0.2) is 0 Å². The van der Waals surface area contributed by atoms with Gasteiger partial charge in [0.15, 0.2) is 0 Å². The zero-order valence-corrected chi connectivity index (χ0v) is 16.3. The van der Waals surface area contributed by atoms with Gasteiger partial charge in [-0.3, -0.25) is 9.59 Å². The van der Waals surface area contributed by atoms with E-state index in [-0.39, 0.29) is 22.9 Å². The van der Waals surface area contributed by atoms with E-state index in [0.717, 1.165) is 0 Å². The lowest BCUT2D eigenvalue weighted by atomic mass is 10.1. The Morgan fingerprint density at radius 3 is 1.06 bits per heavy atom. The fraction of sp³-hybridized carbons (Fsp3) is 0.833. The van der Waals surface area contributed by atoms with E-state index < -0.39 is 0 Å².